The second kappa shape index (κ2) is 9.77. The van der Waals surface area contributed by atoms with Crippen molar-refractivity contribution in [1.82, 2.24) is 9.13 Å². The van der Waals surface area contributed by atoms with E-state index >= 15 is 0 Å². The Bertz CT molecular complexity index is 2720. The Labute approximate surface area is 267 Å². The fraction of sp³-hybridized carbons (Fsp3) is 0. The Morgan fingerprint density at radius 3 is 1.60 bits per heavy atom. The van der Waals surface area contributed by atoms with Crippen LogP contribution in [0.1, 0.15) is 31.8 Å². The van der Waals surface area contributed by atoms with Gasteiger partial charge in [-0.15, -0.1) is 0 Å². The number of nitriles is 2. The molecule has 1 aliphatic rings. The zero-order valence-corrected chi connectivity index (χ0v) is 24.7. The van der Waals surface area contributed by atoms with Crippen LogP contribution in [0.5, 0.6) is 0 Å². The van der Waals surface area contributed by atoms with Crippen molar-refractivity contribution >= 4 is 61.1 Å². The molecule has 0 spiro atoms. The van der Waals surface area contributed by atoms with Crippen molar-refractivity contribution in [2.45, 2.75) is 0 Å². The number of aromatic nitrogens is 2. The third-order valence-electron chi connectivity index (χ3n) is 9.11. The number of fused-ring (bicyclic) bond motifs is 7. The van der Waals surface area contributed by atoms with Crippen molar-refractivity contribution in [3.05, 3.63) is 150 Å². The molecular formula is C40H21N5O2. The summed E-state index contributed by atoms with van der Waals surface area (Å²) in [7, 11) is 0. The Hall–Kier alpha value is -6.96. The van der Waals surface area contributed by atoms with Crippen LogP contribution in [-0.2, 0) is 0 Å². The van der Waals surface area contributed by atoms with Crippen molar-refractivity contribution < 1.29 is 9.59 Å². The van der Waals surface area contributed by atoms with Crippen LogP contribution in [0.15, 0.2) is 127 Å². The number of hydrogen-bond acceptors (Lipinski definition) is 4. The molecule has 47 heavy (non-hydrogen) atoms. The predicted molar refractivity (Wildman–Crippen MR) is 182 cm³/mol. The Kier molecular flexibility index (Phi) is 5.50. The first-order chi connectivity index (χ1) is 23.1. The van der Waals surface area contributed by atoms with Gasteiger partial charge >= 0.3 is 0 Å². The highest BCUT2D eigenvalue weighted by atomic mass is 16.2. The van der Waals surface area contributed by atoms with Crippen LogP contribution in [0.25, 0.3) is 55.0 Å². The van der Waals surface area contributed by atoms with E-state index < -0.39 is 11.8 Å². The van der Waals surface area contributed by atoms with Crippen LogP contribution in [0.2, 0.25) is 0 Å². The largest absolute Gasteiger partial charge is 0.309 e. The highest BCUT2D eigenvalue weighted by Gasteiger charge is 2.36. The van der Waals surface area contributed by atoms with Crippen LogP contribution < -0.4 is 4.90 Å². The molecule has 0 unspecified atom stereocenters. The van der Waals surface area contributed by atoms with Crippen LogP contribution in [0, 0.1) is 22.7 Å². The van der Waals surface area contributed by atoms with E-state index in [1.807, 2.05) is 60.7 Å². The molecule has 0 aliphatic carbocycles. The van der Waals surface area contributed by atoms with E-state index in [0.29, 0.717) is 33.6 Å². The number of carbonyl (C=O) groups is 2. The number of rotatable bonds is 3. The topological polar surface area (TPSA) is 94.8 Å². The first-order valence-corrected chi connectivity index (χ1v) is 15.1. The summed E-state index contributed by atoms with van der Waals surface area (Å²) in [6.45, 7) is 0. The van der Waals surface area contributed by atoms with Crippen molar-refractivity contribution in [1.29, 1.82) is 10.5 Å². The van der Waals surface area contributed by atoms with Crippen molar-refractivity contribution in [2.24, 2.45) is 0 Å². The zero-order chi connectivity index (χ0) is 31.8. The number of para-hydroxylation sites is 2. The molecule has 7 nitrogen and oxygen atoms in total. The molecule has 0 fully saturated rings. The molecule has 0 N–H and O–H groups in total. The number of nitrogens with zero attached hydrogens (tertiary/aromatic N) is 5. The maximum absolute atomic E-state index is 13.2. The maximum Gasteiger partial charge on any atom is 0.266 e. The molecule has 3 heterocycles. The Morgan fingerprint density at radius 1 is 0.468 bits per heavy atom. The van der Waals surface area contributed by atoms with Gasteiger partial charge in [-0.2, -0.15) is 10.5 Å². The normalized spacial score (nSPS) is 12.7. The minimum atomic E-state index is -0.403. The van der Waals surface area contributed by atoms with Gasteiger partial charge in [-0.1, -0.05) is 48.5 Å². The smallest absolute Gasteiger partial charge is 0.266 e. The maximum atomic E-state index is 13.2. The van der Waals surface area contributed by atoms with Gasteiger partial charge in [-0.05, 0) is 78.9 Å². The van der Waals surface area contributed by atoms with E-state index in [4.69, 9.17) is 0 Å². The average Bonchev–Trinajstić information content (AvgIpc) is 3.71. The molecule has 7 heteroatoms. The highest BCUT2D eigenvalue weighted by molar-refractivity contribution is 6.34. The lowest BCUT2D eigenvalue weighted by atomic mass is 10.1. The standard InChI is InChI=1S/C40H21N5O2/c41-22-24-13-15-26(16-14-24)43-35-11-5-3-7-28(35)32-21-38-33(20-37(32)43)29-8-4-6-12-36(29)45(38)34-18-17-27(19-25(34)23-42)44-39(46)30-9-1-2-10-31(30)40(44)47/h1-21H. The molecule has 0 bridgehead atoms. The van der Waals surface area contributed by atoms with E-state index in [1.54, 1.807) is 36.4 Å². The van der Waals surface area contributed by atoms with Crippen LogP contribution >= 0.6 is 0 Å². The SMILES string of the molecule is N#Cc1ccc(-n2c3ccccc3c3cc4c(cc32)c2ccccc2n4-c2ccc(N3C(=O)c4ccccc4C3=O)cc2C#N)cc1. The fourth-order valence-electron chi connectivity index (χ4n) is 7.02. The van der Waals surface area contributed by atoms with Gasteiger partial charge in [0.25, 0.3) is 11.8 Å². The van der Waals surface area contributed by atoms with E-state index in [2.05, 4.69) is 51.6 Å². The van der Waals surface area contributed by atoms with E-state index in [9.17, 15) is 20.1 Å². The van der Waals surface area contributed by atoms with Gasteiger partial charge in [-0.25, -0.2) is 4.90 Å². The van der Waals surface area contributed by atoms with Gasteiger partial charge in [0, 0.05) is 27.2 Å². The van der Waals surface area contributed by atoms with Gasteiger partial charge in [0.2, 0.25) is 0 Å². The second-order valence-electron chi connectivity index (χ2n) is 11.6. The number of imide groups is 1. The molecule has 8 aromatic rings. The van der Waals surface area contributed by atoms with E-state index in [1.165, 1.54) is 0 Å². The van der Waals surface area contributed by atoms with Crippen molar-refractivity contribution in [3.63, 3.8) is 0 Å². The summed E-state index contributed by atoms with van der Waals surface area (Å²) in [4.78, 5) is 27.6. The molecule has 218 valence electrons. The van der Waals surface area contributed by atoms with Gasteiger partial charge in [0.15, 0.2) is 0 Å². The molecule has 2 amide bonds. The molecule has 0 radical (unpaired) electrons. The monoisotopic (exact) mass is 603 g/mol. The number of hydrogen-bond donors (Lipinski definition) is 0. The fourth-order valence-corrected chi connectivity index (χ4v) is 7.02. The zero-order valence-electron chi connectivity index (χ0n) is 24.7. The molecule has 0 saturated carbocycles. The molecule has 0 atom stereocenters. The van der Waals surface area contributed by atoms with E-state index in [-0.39, 0.29) is 0 Å². The summed E-state index contributed by atoms with van der Waals surface area (Å²) in [6, 6.07) is 44.7. The van der Waals surface area contributed by atoms with Crippen molar-refractivity contribution in [2.75, 3.05) is 4.90 Å². The minimum Gasteiger partial charge on any atom is -0.309 e. The van der Waals surface area contributed by atoms with Gasteiger partial charge in [0.1, 0.15) is 6.07 Å². The van der Waals surface area contributed by atoms with Gasteiger partial charge in [-0.3, -0.25) is 9.59 Å². The van der Waals surface area contributed by atoms with Crippen LogP contribution in [-0.4, -0.2) is 20.9 Å². The third kappa shape index (κ3) is 3.66. The number of anilines is 1. The summed E-state index contributed by atoms with van der Waals surface area (Å²) < 4.78 is 4.30. The van der Waals surface area contributed by atoms with E-state index in [0.717, 1.165) is 54.2 Å². The summed E-state index contributed by atoms with van der Waals surface area (Å²) in [5.41, 5.74) is 7.50. The molecular weight excluding hydrogens is 582 g/mol. The lowest BCUT2D eigenvalue weighted by Crippen LogP contribution is -2.29. The lowest BCUT2D eigenvalue weighted by molar-refractivity contribution is 0.0926. The summed E-state index contributed by atoms with van der Waals surface area (Å²) in [5, 5.41) is 24.0. The highest BCUT2D eigenvalue weighted by Crippen LogP contribution is 2.40. The lowest BCUT2D eigenvalue weighted by Gasteiger charge is -2.17. The van der Waals surface area contributed by atoms with Crippen LogP contribution in [0.4, 0.5) is 5.69 Å². The van der Waals surface area contributed by atoms with Gasteiger partial charge in [0.05, 0.1) is 61.8 Å². The number of amides is 2. The molecule has 9 rings (SSSR count). The third-order valence-corrected chi connectivity index (χ3v) is 9.11. The number of carbonyl (C=O) groups excluding carboxylic acids is 2. The first-order valence-electron chi connectivity index (χ1n) is 15.1. The number of benzene rings is 6. The average molecular weight is 604 g/mol. The molecule has 2 aromatic heterocycles. The predicted octanol–water partition coefficient (Wildman–Crippen LogP) is 8.42. The van der Waals surface area contributed by atoms with Crippen molar-refractivity contribution in [3.8, 4) is 23.5 Å². The minimum absolute atomic E-state index is 0.335. The molecule has 6 aromatic carbocycles. The second-order valence-corrected chi connectivity index (χ2v) is 11.6. The summed E-state index contributed by atoms with van der Waals surface area (Å²) >= 11 is 0. The quantitative estimate of drug-likeness (QED) is 0.189. The summed E-state index contributed by atoms with van der Waals surface area (Å²) in [5.74, 6) is -0.805. The first kappa shape index (κ1) is 26.4. The van der Waals surface area contributed by atoms with Crippen LogP contribution in [0.3, 0.4) is 0 Å². The molecule has 1 aliphatic heterocycles. The van der Waals surface area contributed by atoms with Gasteiger partial charge < -0.3 is 9.13 Å². The summed E-state index contributed by atoms with van der Waals surface area (Å²) in [6.07, 6.45) is 0. The molecule has 0 saturated heterocycles. The Balaban J connectivity index is 1.29. The Morgan fingerprint density at radius 2 is 1.00 bits per heavy atom.